The summed E-state index contributed by atoms with van der Waals surface area (Å²) >= 11 is 4.53. The summed E-state index contributed by atoms with van der Waals surface area (Å²) in [4.78, 5) is 23.5. The Hall–Kier alpha value is -2.16. The molecule has 8 heteroatoms. The van der Waals surface area contributed by atoms with Gasteiger partial charge in [-0.3, -0.25) is 9.36 Å². The largest absolute Gasteiger partial charge is 0.444 e. The topological polar surface area (TPSA) is 60.9 Å². The van der Waals surface area contributed by atoms with Gasteiger partial charge < -0.3 is 4.42 Å². The monoisotopic (exact) mass is 387 g/mol. The van der Waals surface area contributed by atoms with Gasteiger partial charge in [0.25, 0.3) is 5.56 Å². The van der Waals surface area contributed by atoms with Gasteiger partial charge in [0, 0.05) is 12.3 Å². The van der Waals surface area contributed by atoms with E-state index in [9.17, 15) is 4.79 Å². The van der Waals surface area contributed by atoms with Gasteiger partial charge in [-0.25, -0.2) is 9.97 Å². The van der Waals surface area contributed by atoms with Crippen molar-refractivity contribution in [3.05, 3.63) is 63.9 Å². The Labute approximate surface area is 155 Å². The smallest absolute Gasteiger partial charge is 0.263 e. The summed E-state index contributed by atoms with van der Waals surface area (Å²) < 4.78 is 7.19. The molecule has 5 nitrogen and oxygen atoms in total. The third-order valence-corrected chi connectivity index (χ3v) is 6.17. The Balaban J connectivity index is 1.61. The Kier molecular flexibility index (Phi) is 4.56. The van der Waals surface area contributed by atoms with Crippen molar-refractivity contribution in [2.24, 2.45) is 0 Å². The number of thioether (sulfide) groups is 1. The minimum atomic E-state index is -0.0342. The van der Waals surface area contributed by atoms with Crippen molar-refractivity contribution in [1.29, 1.82) is 0 Å². The number of oxazole rings is 1. The molecule has 4 rings (SSSR count). The van der Waals surface area contributed by atoms with Gasteiger partial charge in [-0.05, 0) is 22.9 Å². The number of thiophene rings is 2. The van der Waals surface area contributed by atoms with Crippen LogP contribution in [0, 0.1) is 0 Å². The highest BCUT2D eigenvalue weighted by molar-refractivity contribution is 7.98. The summed E-state index contributed by atoms with van der Waals surface area (Å²) in [5.41, 5.74) is 0.784. The lowest BCUT2D eigenvalue weighted by molar-refractivity contribution is 0.575. The molecule has 4 heterocycles. The van der Waals surface area contributed by atoms with Crippen molar-refractivity contribution in [1.82, 2.24) is 14.5 Å². The zero-order chi connectivity index (χ0) is 17.2. The third-order valence-electron chi connectivity index (χ3n) is 3.49. The molecule has 0 amide bonds. The summed E-state index contributed by atoms with van der Waals surface area (Å²) in [5.74, 6) is 1.20. The number of fused-ring (bicyclic) bond motifs is 1. The molecule has 0 saturated carbocycles. The van der Waals surface area contributed by atoms with E-state index in [-0.39, 0.29) is 5.56 Å². The molecule has 0 radical (unpaired) electrons. The fourth-order valence-electron chi connectivity index (χ4n) is 2.36. The van der Waals surface area contributed by atoms with Gasteiger partial charge in [-0.15, -0.1) is 29.3 Å². The Bertz CT molecular complexity index is 1080. The van der Waals surface area contributed by atoms with Crippen LogP contribution in [0.3, 0.4) is 0 Å². The van der Waals surface area contributed by atoms with Gasteiger partial charge in [0.05, 0.1) is 16.0 Å². The second kappa shape index (κ2) is 6.99. The fourth-order valence-corrected chi connectivity index (χ4v) is 4.70. The van der Waals surface area contributed by atoms with E-state index >= 15 is 0 Å². The number of allylic oxidation sites excluding steroid dienone is 1. The van der Waals surface area contributed by atoms with Crippen LogP contribution >= 0.6 is 34.4 Å². The average Bonchev–Trinajstić information content (AvgIpc) is 3.36. The van der Waals surface area contributed by atoms with Crippen LogP contribution in [-0.4, -0.2) is 14.5 Å². The van der Waals surface area contributed by atoms with Gasteiger partial charge in [-0.2, -0.15) is 0 Å². The minimum absolute atomic E-state index is 0.0342. The van der Waals surface area contributed by atoms with Gasteiger partial charge in [0.1, 0.15) is 11.1 Å². The highest BCUT2D eigenvalue weighted by atomic mass is 32.2. The second-order valence-corrected chi connectivity index (χ2v) is 7.93. The van der Waals surface area contributed by atoms with Crippen LogP contribution in [0.25, 0.3) is 21.0 Å². The molecule has 0 aliphatic carbocycles. The first-order chi connectivity index (χ1) is 12.3. The maximum atomic E-state index is 12.6. The van der Waals surface area contributed by atoms with Crippen LogP contribution in [-0.2, 0) is 12.3 Å². The number of aromatic nitrogens is 3. The highest BCUT2D eigenvalue weighted by Gasteiger charge is 2.13. The Morgan fingerprint density at radius 2 is 2.20 bits per heavy atom. The summed E-state index contributed by atoms with van der Waals surface area (Å²) in [6.45, 7) is 4.17. The molecule has 0 aliphatic rings. The van der Waals surface area contributed by atoms with E-state index in [1.807, 2.05) is 29.0 Å². The van der Waals surface area contributed by atoms with Gasteiger partial charge in [0.15, 0.2) is 5.16 Å². The van der Waals surface area contributed by atoms with Gasteiger partial charge >= 0.3 is 0 Å². The standard InChI is InChI=1S/C17H13N3O2S3/c1-2-6-20-16(21)12-5-8-24-15(12)19-17(20)25-10-11-9-22-14(18-11)13-4-3-7-23-13/h2-5,7-9H,1,6,10H2. The van der Waals surface area contributed by atoms with E-state index in [4.69, 9.17) is 4.42 Å². The predicted molar refractivity (Wildman–Crippen MR) is 103 cm³/mol. The second-order valence-electron chi connectivity index (χ2n) is 5.15. The van der Waals surface area contributed by atoms with Crippen LogP contribution in [0.4, 0.5) is 0 Å². The molecular weight excluding hydrogens is 374 g/mol. The molecule has 0 spiro atoms. The molecule has 4 aromatic heterocycles. The summed E-state index contributed by atoms with van der Waals surface area (Å²) in [7, 11) is 0. The lowest BCUT2D eigenvalue weighted by atomic mass is 10.4. The Morgan fingerprint density at radius 1 is 1.28 bits per heavy atom. The van der Waals surface area contributed by atoms with Crippen molar-refractivity contribution >= 4 is 44.7 Å². The molecule has 0 aromatic carbocycles. The molecule has 25 heavy (non-hydrogen) atoms. The van der Waals surface area contributed by atoms with E-state index in [0.717, 1.165) is 15.4 Å². The normalized spacial score (nSPS) is 11.2. The molecule has 0 fully saturated rings. The van der Waals surface area contributed by atoms with Crippen molar-refractivity contribution in [2.75, 3.05) is 0 Å². The maximum Gasteiger partial charge on any atom is 0.263 e. The van der Waals surface area contributed by atoms with Crippen LogP contribution < -0.4 is 5.56 Å². The SMILES string of the molecule is C=CCn1c(SCc2coc(-c3cccs3)n2)nc2sccc2c1=O. The van der Waals surface area contributed by atoms with Gasteiger partial charge in [0.2, 0.25) is 5.89 Å². The number of hydrogen-bond acceptors (Lipinski definition) is 7. The van der Waals surface area contributed by atoms with E-state index in [0.29, 0.717) is 28.7 Å². The zero-order valence-corrected chi connectivity index (χ0v) is 15.5. The lowest BCUT2D eigenvalue weighted by Gasteiger charge is -2.09. The van der Waals surface area contributed by atoms with Gasteiger partial charge in [-0.1, -0.05) is 23.9 Å². The summed E-state index contributed by atoms with van der Waals surface area (Å²) in [6.07, 6.45) is 3.36. The average molecular weight is 388 g/mol. The van der Waals surface area contributed by atoms with Crippen LogP contribution in [0.2, 0.25) is 0 Å². The molecule has 0 aliphatic heterocycles. The molecule has 0 bridgehead atoms. The number of rotatable bonds is 6. The molecule has 0 unspecified atom stereocenters. The van der Waals surface area contributed by atoms with E-state index < -0.39 is 0 Å². The maximum absolute atomic E-state index is 12.6. The molecule has 4 aromatic rings. The van der Waals surface area contributed by atoms with Crippen molar-refractivity contribution in [3.63, 3.8) is 0 Å². The summed E-state index contributed by atoms with van der Waals surface area (Å²) in [5, 5.41) is 5.19. The van der Waals surface area contributed by atoms with E-state index in [2.05, 4.69) is 16.5 Å². The van der Waals surface area contributed by atoms with Crippen LogP contribution in [0.5, 0.6) is 0 Å². The molecule has 0 N–H and O–H groups in total. The quantitative estimate of drug-likeness (QED) is 0.274. The van der Waals surface area contributed by atoms with Crippen molar-refractivity contribution in [3.8, 4) is 10.8 Å². The molecule has 0 atom stereocenters. The van der Waals surface area contributed by atoms with E-state index in [1.54, 1.807) is 28.2 Å². The lowest BCUT2D eigenvalue weighted by Crippen LogP contribution is -2.22. The molecular formula is C17H13N3O2S3. The van der Waals surface area contributed by atoms with Crippen LogP contribution in [0.1, 0.15) is 5.69 Å². The molecule has 126 valence electrons. The van der Waals surface area contributed by atoms with Crippen LogP contribution in [0.15, 0.2) is 62.2 Å². The highest BCUT2D eigenvalue weighted by Crippen LogP contribution is 2.27. The number of hydrogen-bond donors (Lipinski definition) is 0. The molecule has 0 saturated heterocycles. The zero-order valence-electron chi connectivity index (χ0n) is 13.0. The third kappa shape index (κ3) is 3.20. The minimum Gasteiger partial charge on any atom is -0.444 e. The first-order valence-corrected chi connectivity index (χ1v) is 10.2. The van der Waals surface area contributed by atoms with E-state index in [1.165, 1.54) is 23.1 Å². The fraction of sp³-hybridized carbons (Fsp3) is 0.118. The predicted octanol–water partition coefficient (Wildman–Crippen LogP) is 4.65. The first-order valence-electron chi connectivity index (χ1n) is 7.46. The summed E-state index contributed by atoms with van der Waals surface area (Å²) in [6, 6.07) is 5.75. The number of nitrogens with zero attached hydrogens (tertiary/aromatic N) is 3. The van der Waals surface area contributed by atoms with Crippen molar-refractivity contribution < 1.29 is 4.42 Å². The Morgan fingerprint density at radius 3 is 3.00 bits per heavy atom. The first kappa shape index (κ1) is 16.3. The van der Waals surface area contributed by atoms with Crippen molar-refractivity contribution in [2.45, 2.75) is 17.5 Å².